The maximum Gasteiger partial charge on any atom is 0.253 e. The SMILES string of the molecule is Cc1ccc(C(=O)N2CCN(Cc3cccc(Cl)c3)CC2)cc1.Cl. The number of nitrogens with zero attached hydrogens (tertiary/aromatic N) is 2. The Kier molecular flexibility index (Phi) is 6.67. The summed E-state index contributed by atoms with van der Waals surface area (Å²) < 4.78 is 0. The molecule has 0 atom stereocenters. The van der Waals surface area contributed by atoms with E-state index in [2.05, 4.69) is 11.0 Å². The molecular formula is C19H22Cl2N2O. The van der Waals surface area contributed by atoms with E-state index in [1.54, 1.807) is 0 Å². The number of amides is 1. The Morgan fingerprint density at radius 1 is 1.04 bits per heavy atom. The Labute approximate surface area is 154 Å². The van der Waals surface area contributed by atoms with Crippen molar-refractivity contribution in [3.05, 3.63) is 70.2 Å². The predicted molar refractivity (Wildman–Crippen MR) is 101 cm³/mol. The van der Waals surface area contributed by atoms with Gasteiger partial charge in [0.15, 0.2) is 0 Å². The topological polar surface area (TPSA) is 23.6 Å². The minimum Gasteiger partial charge on any atom is -0.336 e. The van der Waals surface area contributed by atoms with Gasteiger partial charge in [0.2, 0.25) is 0 Å². The maximum atomic E-state index is 12.5. The molecule has 2 aromatic carbocycles. The van der Waals surface area contributed by atoms with E-state index in [0.717, 1.165) is 43.3 Å². The van der Waals surface area contributed by atoms with Gasteiger partial charge in [0, 0.05) is 43.3 Å². The van der Waals surface area contributed by atoms with Gasteiger partial charge in [-0.1, -0.05) is 41.4 Å². The monoisotopic (exact) mass is 364 g/mol. The van der Waals surface area contributed by atoms with Gasteiger partial charge in [-0.3, -0.25) is 9.69 Å². The molecule has 0 saturated carbocycles. The molecule has 3 nitrogen and oxygen atoms in total. The number of carbonyl (C=O) groups is 1. The lowest BCUT2D eigenvalue weighted by Crippen LogP contribution is -2.48. The van der Waals surface area contributed by atoms with Crippen molar-refractivity contribution in [1.29, 1.82) is 0 Å². The predicted octanol–water partition coefficient (Wildman–Crippen LogP) is 4.03. The van der Waals surface area contributed by atoms with E-state index in [-0.39, 0.29) is 18.3 Å². The molecule has 1 saturated heterocycles. The molecule has 0 unspecified atom stereocenters. The van der Waals surface area contributed by atoms with Crippen molar-refractivity contribution in [2.75, 3.05) is 26.2 Å². The van der Waals surface area contributed by atoms with Crippen LogP contribution in [0, 0.1) is 6.92 Å². The third-order valence-corrected chi connectivity index (χ3v) is 4.49. The summed E-state index contributed by atoms with van der Waals surface area (Å²) in [6.07, 6.45) is 0. The van der Waals surface area contributed by atoms with Crippen LogP contribution in [0.5, 0.6) is 0 Å². The Morgan fingerprint density at radius 2 is 1.71 bits per heavy atom. The van der Waals surface area contributed by atoms with E-state index in [4.69, 9.17) is 11.6 Å². The first kappa shape index (κ1) is 18.8. The Balaban J connectivity index is 0.00000208. The number of halogens is 2. The van der Waals surface area contributed by atoms with Gasteiger partial charge >= 0.3 is 0 Å². The second kappa shape index (κ2) is 8.52. The number of hydrogen-bond acceptors (Lipinski definition) is 2. The number of carbonyl (C=O) groups excluding carboxylic acids is 1. The van der Waals surface area contributed by atoms with E-state index in [1.807, 2.05) is 54.3 Å². The molecule has 5 heteroatoms. The zero-order chi connectivity index (χ0) is 16.2. The lowest BCUT2D eigenvalue weighted by molar-refractivity contribution is 0.0628. The molecule has 1 aliphatic rings. The van der Waals surface area contributed by atoms with Crippen LogP contribution in [0.1, 0.15) is 21.5 Å². The maximum absolute atomic E-state index is 12.5. The molecule has 24 heavy (non-hydrogen) atoms. The molecule has 1 fully saturated rings. The molecule has 0 bridgehead atoms. The van der Waals surface area contributed by atoms with Crippen molar-refractivity contribution >= 4 is 29.9 Å². The summed E-state index contributed by atoms with van der Waals surface area (Å²) in [5.41, 5.74) is 3.17. The van der Waals surface area contributed by atoms with Crippen LogP contribution in [-0.2, 0) is 6.54 Å². The highest BCUT2D eigenvalue weighted by atomic mass is 35.5. The largest absolute Gasteiger partial charge is 0.336 e. The fourth-order valence-corrected chi connectivity index (χ4v) is 3.09. The average molecular weight is 365 g/mol. The molecule has 3 rings (SSSR count). The Morgan fingerprint density at radius 3 is 2.33 bits per heavy atom. The number of aryl methyl sites for hydroxylation is 1. The summed E-state index contributed by atoms with van der Waals surface area (Å²) >= 11 is 6.03. The van der Waals surface area contributed by atoms with Crippen LogP contribution in [-0.4, -0.2) is 41.9 Å². The van der Waals surface area contributed by atoms with Crippen molar-refractivity contribution in [2.24, 2.45) is 0 Å². The third-order valence-electron chi connectivity index (χ3n) is 4.25. The minimum atomic E-state index is 0. The molecule has 2 aromatic rings. The zero-order valence-electron chi connectivity index (χ0n) is 13.7. The fourth-order valence-electron chi connectivity index (χ4n) is 2.88. The highest BCUT2D eigenvalue weighted by Crippen LogP contribution is 2.15. The van der Waals surface area contributed by atoms with Gasteiger partial charge in [0.25, 0.3) is 5.91 Å². The van der Waals surface area contributed by atoms with Crippen molar-refractivity contribution < 1.29 is 4.79 Å². The molecule has 1 heterocycles. The molecular weight excluding hydrogens is 343 g/mol. The van der Waals surface area contributed by atoms with E-state index >= 15 is 0 Å². The van der Waals surface area contributed by atoms with Crippen molar-refractivity contribution in [1.82, 2.24) is 9.80 Å². The summed E-state index contributed by atoms with van der Waals surface area (Å²) in [5, 5.41) is 0.774. The van der Waals surface area contributed by atoms with Crippen LogP contribution < -0.4 is 0 Å². The van der Waals surface area contributed by atoms with Crippen molar-refractivity contribution in [2.45, 2.75) is 13.5 Å². The molecule has 0 radical (unpaired) electrons. The van der Waals surface area contributed by atoms with Gasteiger partial charge < -0.3 is 4.90 Å². The van der Waals surface area contributed by atoms with E-state index in [1.165, 1.54) is 11.1 Å². The van der Waals surface area contributed by atoms with Crippen LogP contribution in [0.25, 0.3) is 0 Å². The van der Waals surface area contributed by atoms with Gasteiger partial charge in [-0.25, -0.2) is 0 Å². The smallest absolute Gasteiger partial charge is 0.253 e. The van der Waals surface area contributed by atoms with Crippen LogP contribution >= 0.6 is 24.0 Å². The Hall–Kier alpha value is -1.55. The van der Waals surface area contributed by atoms with Gasteiger partial charge in [-0.2, -0.15) is 0 Å². The standard InChI is InChI=1S/C19H21ClN2O.ClH/c1-15-5-7-17(8-6-15)19(23)22-11-9-21(10-12-22)14-16-3-2-4-18(20)13-16;/h2-8,13H,9-12,14H2,1H3;1H. The quantitative estimate of drug-likeness (QED) is 0.820. The first-order valence-electron chi connectivity index (χ1n) is 7.94. The molecule has 0 spiro atoms. The second-order valence-electron chi connectivity index (χ2n) is 6.06. The summed E-state index contributed by atoms with van der Waals surface area (Å²) in [4.78, 5) is 16.8. The molecule has 128 valence electrons. The summed E-state index contributed by atoms with van der Waals surface area (Å²) in [7, 11) is 0. The van der Waals surface area contributed by atoms with E-state index in [0.29, 0.717) is 0 Å². The lowest BCUT2D eigenvalue weighted by atomic mass is 10.1. The van der Waals surface area contributed by atoms with Gasteiger partial charge in [-0.15, -0.1) is 12.4 Å². The molecule has 0 aromatic heterocycles. The van der Waals surface area contributed by atoms with Crippen molar-refractivity contribution in [3.63, 3.8) is 0 Å². The van der Waals surface area contributed by atoms with Gasteiger partial charge in [0.1, 0.15) is 0 Å². The number of piperazine rings is 1. The van der Waals surface area contributed by atoms with Crippen LogP contribution in [0.3, 0.4) is 0 Å². The minimum absolute atomic E-state index is 0. The first-order valence-corrected chi connectivity index (χ1v) is 8.32. The molecule has 0 N–H and O–H groups in total. The molecule has 1 amide bonds. The summed E-state index contributed by atoms with van der Waals surface area (Å²) in [5.74, 6) is 0.132. The second-order valence-corrected chi connectivity index (χ2v) is 6.50. The summed E-state index contributed by atoms with van der Waals surface area (Å²) in [6.45, 7) is 6.24. The van der Waals surface area contributed by atoms with Crippen LogP contribution in [0.15, 0.2) is 48.5 Å². The highest BCUT2D eigenvalue weighted by Gasteiger charge is 2.22. The summed E-state index contributed by atoms with van der Waals surface area (Å²) in [6, 6.07) is 15.8. The molecule has 0 aliphatic carbocycles. The van der Waals surface area contributed by atoms with E-state index < -0.39 is 0 Å². The first-order chi connectivity index (χ1) is 11.1. The average Bonchev–Trinajstić information content (AvgIpc) is 2.56. The number of rotatable bonds is 3. The molecule has 1 aliphatic heterocycles. The van der Waals surface area contributed by atoms with Crippen LogP contribution in [0.2, 0.25) is 5.02 Å². The number of benzene rings is 2. The van der Waals surface area contributed by atoms with Crippen molar-refractivity contribution in [3.8, 4) is 0 Å². The van der Waals surface area contributed by atoms with E-state index in [9.17, 15) is 4.79 Å². The fraction of sp³-hybridized carbons (Fsp3) is 0.316. The highest BCUT2D eigenvalue weighted by molar-refractivity contribution is 6.30. The Bertz CT molecular complexity index is 680. The van der Waals surface area contributed by atoms with Gasteiger partial charge in [0.05, 0.1) is 0 Å². The van der Waals surface area contributed by atoms with Gasteiger partial charge in [-0.05, 0) is 36.8 Å². The van der Waals surface area contributed by atoms with Crippen LogP contribution in [0.4, 0.5) is 0 Å². The normalized spacial score (nSPS) is 15.0. The lowest BCUT2D eigenvalue weighted by Gasteiger charge is -2.34. The number of hydrogen-bond donors (Lipinski definition) is 0. The zero-order valence-corrected chi connectivity index (χ0v) is 15.3. The third kappa shape index (κ3) is 4.73.